The van der Waals surface area contributed by atoms with E-state index in [1.807, 2.05) is 6.08 Å². The number of halogens is 1. The molecule has 0 saturated carbocycles. The first-order valence-corrected chi connectivity index (χ1v) is 10.2. The molecule has 2 aromatic rings. The predicted octanol–water partition coefficient (Wildman–Crippen LogP) is 2.82. The normalized spacial score (nSPS) is 16.4. The van der Waals surface area contributed by atoms with Gasteiger partial charge in [-0.3, -0.25) is 14.6 Å². The summed E-state index contributed by atoms with van der Waals surface area (Å²) in [6.07, 6.45) is 4.37. The molecule has 2 heterocycles. The molecular formula is C22H29FN4O3. The van der Waals surface area contributed by atoms with E-state index in [4.69, 9.17) is 4.42 Å². The van der Waals surface area contributed by atoms with Crippen molar-refractivity contribution in [3.63, 3.8) is 0 Å². The molecule has 0 radical (unpaired) electrons. The number of oxazole rings is 1. The Bertz CT molecular complexity index is 862. The van der Waals surface area contributed by atoms with Gasteiger partial charge in [-0.15, -0.1) is 6.58 Å². The van der Waals surface area contributed by atoms with Crippen LogP contribution in [-0.2, 0) is 6.54 Å². The number of rotatable bonds is 9. The molecule has 1 aliphatic rings. The van der Waals surface area contributed by atoms with Gasteiger partial charge >= 0.3 is 0 Å². The molecule has 3 rings (SSSR count). The number of piperazine rings is 1. The third-order valence-corrected chi connectivity index (χ3v) is 5.21. The zero-order chi connectivity index (χ0) is 21.5. The Morgan fingerprint density at radius 1 is 1.37 bits per heavy atom. The zero-order valence-corrected chi connectivity index (χ0v) is 17.3. The van der Waals surface area contributed by atoms with Gasteiger partial charge in [-0.1, -0.05) is 12.1 Å². The molecule has 1 atom stereocenters. The number of nitrogens with one attached hydrogen (secondary N) is 1. The van der Waals surface area contributed by atoms with Crippen molar-refractivity contribution >= 4 is 11.6 Å². The fourth-order valence-electron chi connectivity index (χ4n) is 3.37. The van der Waals surface area contributed by atoms with Crippen molar-refractivity contribution in [2.24, 2.45) is 0 Å². The lowest BCUT2D eigenvalue weighted by Crippen LogP contribution is -2.48. The minimum absolute atomic E-state index is 0.162. The number of aryl methyl sites for hydroxylation is 1. The standard InChI is InChI=1S/C22H29FN4O3/c1-3-4-5-18(28)13-26-8-10-27(11-9-26)14-21-25-20(15-30-21)22(29)24-17-7-6-16(2)19(23)12-17/h3,6-7,12,15,18,28H,1,4-5,8-11,13-14H2,2H3,(H,24,29)/t18-/m0/s1. The minimum atomic E-state index is -0.438. The topological polar surface area (TPSA) is 81.8 Å². The molecule has 1 amide bonds. The van der Waals surface area contributed by atoms with E-state index >= 15 is 0 Å². The maximum absolute atomic E-state index is 13.6. The number of benzene rings is 1. The summed E-state index contributed by atoms with van der Waals surface area (Å²) in [6.45, 7) is 9.92. The van der Waals surface area contributed by atoms with Crippen molar-refractivity contribution in [2.75, 3.05) is 38.0 Å². The Balaban J connectivity index is 1.46. The van der Waals surface area contributed by atoms with Gasteiger partial charge in [0.25, 0.3) is 5.91 Å². The molecule has 8 heteroatoms. The smallest absolute Gasteiger partial charge is 0.277 e. The molecule has 0 unspecified atom stereocenters. The third kappa shape index (κ3) is 6.22. The summed E-state index contributed by atoms with van der Waals surface area (Å²) in [5, 5.41) is 12.7. The van der Waals surface area contributed by atoms with Crippen LogP contribution in [0.15, 0.2) is 41.5 Å². The highest BCUT2D eigenvalue weighted by atomic mass is 19.1. The summed E-state index contributed by atoms with van der Waals surface area (Å²) in [4.78, 5) is 21.0. The molecule has 1 aromatic heterocycles. The van der Waals surface area contributed by atoms with Crippen molar-refractivity contribution in [1.82, 2.24) is 14.8 Å². The first kappa shape index (κ1) is 22.1. The average molecular weight is 416 g/mol. The number of nitrogens with zero attached hydrogens (tertiary/aromatic N) is 3. The minimum Gasteiger partial charge on any atom is -0.447 e. The van der Waals surface area contributed by atoms with Crippen LogP contribution in [0.3, 0.4) is 0 Å². The Morgan fingerprint density at radius 3 is 2.80 bits per heavy atom. The van der Waals surface area contributed by atoms with E-state index in [2.05, 4.69) is 26.7 Å². The molecule has 2 N–H and O–H groups in total. The van der Waals surface area contributed by atoms with Gasteiger partial charge in [0.1, 0.15) is 12.1 Å². The van der Waals surface area contributed by atoms with E-state index in [0.29, 0.717) is 30.2 Å². The second kappa shape index (κ2) is 10.5. The number of aromatic nitrogens is 1. The van der Waals surface area contributed by atoms with Crippen LogP contribution >= 0.6 is 0 Å². The highest BCUT2D eigenvalue weighted by Gasteiger charge is 2.21. The lowest BCUT2D eigenvalue weighted by atomic mass is 10.1. The number of hydrogen-bond acceptors (Lipinski definition) is 6. The van der Waals surface area contributed by atoms with E-state index in [0.717, 1.165) is 39.0 Å². The van der Waals surface area contributed by atoms with Gasteiger partial charge in [0.15, 0.2) is 5.69 Å². The monoisotopic (exact) mass is 416 g/mol. The molecule has 1 aromatic carbocycles. The maximum Gasteiger partial charge on any atom is 0.277 e. The van der Waals surface area contributed by atoms with E-state index < -0.39 is 5.91 Å². The lowest BCUT2D eigenvalue weighted by molar-refractivity contribution is 0.0642. The summed E-state index contributed by atoms with van der Waals surface area (Å²) < 4.78 is 19.1. The quantitative estimate of drug-likeness (QED) is 0.612. The molecule has 7 nitrogen and oxygen atoms in total. The first-order chi connectivity index (χ1) is 14.4. The number of aliphatic hydroxyl groups is 1. The second-order valence-electron chi connectivity index (χ2n) is 7.64. The molecule has 1 saturated heterocycles. The van der Waals surface area contributed by atoms with Crippen molar-refractivity contribution in [2.45, 2.75) is 32.4 Å². The summed E-state index contributed by atoms with van der Waals surface area (Å²) >= 11 is 0. The van der Waals surface area contributed by atoms with Gasteiger partial charge in [0, 0.05) is 38.4 Å². The van der Waals surface area contributed by atoms with Gasteiger partial charge < -0.3 is 14.8 Å². The molecule has 30 heavy (non-hydrogen) atoms. The van der Waals surface area contributed by atoms with E-state index in [1.165, 1.54) is 12.3 Å². The number of aliphatic hydroxyl groups excluding tert-OH is 1. The fourth-order valence-corrected chi connectivity index (χ4v) is 3.37. The largest absolute Gasteiger partial charge is 0.447 e. The van der Waals surface area contributed by atoms with Crippen LogP contribution in [-0.4, -0.2) is 64.6 Å². The number of β-amino-alcohol motifs (C(OH)–C–C–N with tert-alkyl or cyclic N) is 1. The SMILES string of the molecule is C=CCC[C@H](O)CN1CCN(Cc2nc(C(=O)Nc3ccc(C)c(F)c3)co2)CC1. The highest BCUT2D eigenvalue weighted by molar-refractivity contribution is 6.02. The Kier molecular flexibility index (Phi) is 7.73. The van der Waals surface area contributed by atoms with Gasteiger partial charge in [-0.25, -0.2) is 9.37 Å². The number of hydrogen-bond donors (Lipinski definition) is 2. The lowest BCUT2D eigenvalue weighted by Gasteiger charge is -2.34. The van der Waals surface area contributed by atoms with Crippen molar-refractivity contribution < 1.29 is 18.7 Å². The van der Waals surface area contributed by atoms with Crippen LogP contribution in [0.1, 0.15) is 34.8 Å². The summed E-state index contributed by atoms with van der Waals surface area (Å²) in [5.74, 6) is -0.345. The second-order valence-corrected chi connectivity index (χ2v) is 7.64. The summed E-state index contributed by atoms with van der Waals surface area (Å²) in [6, 6.07) is 4.53. The molecular weight excluding hydrogens is 387 g/mol. The third-order valence-electron chi connectivity index (χ3n) is 5.21. The average Bonchev–Trinajstić information content (AvgIpc) is 3.19. The molecule has 0 aliphatic carbocycles. The molecule has 162 valence electrons. The van der Waals surface area contributed by atoms with Gasteiger partial charge in [0.2, 0.25) is 5.89 Å². The Labute approximate surface area is 176 Å². The summed E-state index contributed by atoms with van der Waals surface area (Å²) in [7, 11) is 0. The number of carbonyl (C=O) groups is 1. The van der Waals surface area contributed by atoms with Crippen LogP contribution in [0.25, 0.3) is 0 Å². The van der Waals surface area contributed by atoms with Crippen molar-refractivity contribution in [1.29, 1.82) is 0 Å². The summed E-state index contributed by atoms with van der Waals surface area (Å²) in [5.41, 5.74) is 1.05. The number of allylic oxidation sites excluding steroid dienone is 1. The van der Waals surface area contributed by atoms with Crippen LogP contribution in [0, 0.1) is 12.7 Å². The van der Waals surface area contributed by atoms with Crippen LogP contribution in [0.4, 0.5) is 10.1 Å². The molecule has 0 spiro atoms. The molecule has 1 aliphatic heterocycles. The zero-order valence-electron chi connectivity index (χ0n) is 17.3. The first-order valence-electron chi connectivity index (χ1n) is 10.2. The maximum atomic E-state index is 13.6. The number of amides is 1. The van der Waals surface area contributed by atoms with Crippen LogP contribution in [0.2, 0.25) is 0 Å². The van der Waals surface area contributed by atoms with Crippen molar-refractivity contribution in [3.8, 4) is 0 Å². The van der Waals surface area contributed by atoms with Crippen molar-refractivity contribution in [3.05, 3.63) is 60.1 Å². The highest BCUT2D eigenvalue weighted by Crippen LogP contribution is 2.15. The van der Waals surface area contributed by atoms with Gasteiger partial charge in [0.05, 0.1) is 12.6 Å². The fraction of sp³-hybridized carbons (Fsp3) is 0.455. The van der Waals surface area contributed by atoms with Crippen LogP contribution < -0.4 is 5.32 Å². The Morgan fingerprint density at radius 2 is 2.10 bits per heavy atom. The van der Waals surface area contributed by atoms with Crippen LogP contribution in [0.5, 0.6) is 0 Å². The Hall–Kier alpha value is -2.55. The number of anilines is 1. The van der Waals surface area contributed by atoms with Gasteiger partial charge in [-0.05, 0) is 37.5 Å². The molecule has 1 fully saturated rings. The molecule has 0 bridgehead atoms. The number of carbonyl (C=O) groups excluding carboxylic acids is 1. The van der Waals surface area contributed by atoms with E-state index in [1.54, 1.807) is 19.1 Å². The predicted molar refractivity (Wildman–Crippen MR) is 113 cm³/mol. The van der Waals surface area contributed by atoms with E-state index in [9.17, 15) is 14.3 Å². The van der Waals surface area contributed by atoms with Gasteiger partial charge in [-0.2, -0.15) is 0 Å². The van der Waals surface area contributed by atoms with E-state index in [-0.39, 0.29) is 17.6 Å².